The molecular formula is C30H32ClF2N7O4. The predicted octanol–water partition coefficient (Wildman–Crippen LogP) is 5.34. The lowest BCUT2D eigenvalue weighted by Crippen LogP contribution is -2.38. The van der Waals surface area contributed by atoms with Gasteiger partial charge in [0, 0.05) is 22.7 Å². The van der Waals surface area contributed by atoms with Crippen LogP contribution in [0.2, 0.25) is 5.02 Å². The molecule has 0 saturated heterocycles. The quantitative estimate of drug-likeness (QED) is 0.144. The first-order valence-electron chi connectivity index (χ1n) is 13.6. The molecule has 1 aliphatic heterocycles. The van der Waals surface area contributed by atoms with Crippen molar-refractivity contribution in [3.05, 3.63) is 82.3 Å². The smallest absolute Gasteiger partial charge is 0.411 e. The normalized spacial score (nSPS) is 17.1. The highest BCUT2D eigenvalue weighted by atomic mass is 35.5. The second-order valence-electron chi connectivity index (χ2n) is 10.3. The summed E-state index contributed by atoms with van der Waals surface area (Å²) in [6.45, 7) is 3.18. The summed E-state index contributed by atoms with van der Waals surface area (Å²) in [6.07, 6.45) is 1.45. The second kappa shape index (κ2) is 13.7. The fourth-order valence-electron chi connectivity index (χ4n) is 4.70. The van der Waals surface area contributed by atoms with Crippen LogP contribution < -0.4 is 32.5 Å². The van der Waals surface area contributed by atoms with Gasteiger partial charge >= 0.3 is 6.09 Å². The van der Waals surface area contributed by atoms with E-state index in [0.717, 1.165) is 11.2 Å². The molecule has 2 atom stereocenters. The average Bonchev–Trinajstić information content (AvgIpc) is 3.00. The summed E-state index contributed by atoms with van der Waals surface area (Å²) in [6, 6.07) is 9.57. The molecule has 44 heavy (non-hydrogen) atoms. The zero-order chi connectivity index (χ0) is 32.1. The standard InChI is InChI=1S/C30H32ClF2N7O4/c1-15-6-4-8-22(38-29(42)27(34)16(2)40(35)25-9-5-7-20(31)26(25)33)19-13-23(36-14-21(19)32)18-11-10-17(37-30(43)44-3)12-24(18)39-28(15)41/h5,7,9-15,22H,4,6,8,34-35H2,1-3H3,(H,37,43)(H,38,42)(H,39,41)/b27-16-. The third-order valence-corrected chi connectivity index (χ3v) is 7.61. The highest BCUT2D eigenvalue weighted by molar-refractivity contribution is 6.31. The average molecular weight is 628 g/mol. The molecule has 7 N–H and O–H groups in total. The van der Waals surface area contributed by atoms with Crippen LogP contribution in [0, 0.1) is 17.6 Å². The van der Waals surface area contributed by atoms with E-state index in [1.807, 2.05) is 0 Å². The maximum atomic E-state index is 15.3. The number of amides is 3. The van der Waals surface area contributed by atoms with Crippen molar-refractivity contribution in [2.45, 2.75) is 39.2 Å². The highest BCUT2D eigenvalue weighted by Crippen LogP contribution is 2.34. The van der Waals surface area contributed by atoms with Crippen molar-refractivity contribution in [1.29, 1.82) is 0 Å². The molecule has 0 saturated carbocycles. The molecule has 1 aliphatic rings. The number of aromatic nitrogens is 1. The minimum absolute atomic E-state index is 0.0308. The van der Waals surface area contributed by atoms with Gasteiger partial charge in [-0.1, -0.05) is 31.0 Å². The molecule has 4 rings (SSSR count). The van der Waals surface area contributed by atoms with Gasteiger partial charge in [0.25, 0.3) is 5.91 Å². The fraction of sp³-hybridized carbons (Fsp3) is 0.267. The summed E-state index contributed by atoms with van der Waals surface area (Å²) in [5.74, 6) is 3.13. The maximum absolute atomic E-state index is 15.3. The largest absolute Gasteiger partial charge is 0.453 e. The first-order chi connectivity index (χ1) is 20.9. The van der Waals surface area contributed by atoms with Crippen molar-refractivity contribution in [3.63, 3.8) is 0 Å². The number of carbonyl (C=O) groups is 3. The van der Waals surface area contributed by atoms with E-state index in [0.29, 0.717) is 35.5 Å². The number of hydrogen-bond donors (Lipinski definition) is 5. The number of ether oxygens (including phenoxy) is 1. The molecule has 3 amide bonds. The molecule has 2 aromatic carbocycles. The summed E-state index contributed by atoms with van der Waals surface area (Å²) in [4.78, 5) is 42.4. The molecular weight excluding hydrogens is 596 g/mol. The third kappa shape index (κ3) is 7.06. The number of pyridine rings is 1. The Bertz CT molecular complexity index is 1630. The number of nitrogens with one attached hydrogen (secondary N) is 3. The molecule has 2 unspecified atom stereocenters. The van der Waals surface area contributed by atoms with Gasteiger partial charge in [-0.3, -0.25) is 24.9 Å². The van der Waals surface area contributed by atoms with Crippen LogP contribution in [0.4, 0.5) is 30.6 Å². The van der Waals surface area contributed by atoms with Crippen LogP contribution in [0.1, 0.15) is 44.7 Å². The van der Waals surface area contributed by atoms with Gasteiger partial charge in [-0.05, 0) is 56.2 Å². The Morgan fingerprint density at radius 2 is 1.93 bits per heavy atom. The van der Waals surface area contributed by atoms with Crippen molar-refractivity contribution in [3.8, 4) is 11.3 Å². The zero-order valence-electron chi connectivity index (χ0n) is 24.2. The van der Waals surface area contributed by atoms with Crippen molar-refractivity contribution in [1.82, 2.24) is 10.3 Å². The van der Waals surface area contributed by atoms with Crippen LogP contribution in [0.15, 0.2) is 60.1 Å². The molecule has 0 spiro atoms. The number of anilines is 3. The summed E-state index contributed by atoms with van der Waals surface area (Å²) < 4.78 is 34.5. The van der Waals surface area contributed by atoms with E-state index in [1.165, 1.54) is 38.3 Å². The lowest BCUT2D eigenvalue weighted by atomic mass is 9.94. The first-order valence-corrected chi connectivity index (χ1v) is 14.0. The van der Waals surface area contributed by atoms with Gasteiger partial charge in [0.15, 0.2) is 5.82 Å². The van der Waals surface area contributed by atoms with Crippen LogP contribution in [0.5, 0.6) is 0 Å². The van der Waals surface area contributed by atoms with Crippen LogP contribution in [0.25, 0.3) is 11.3 Å². The molecule has 1 aromatic heterocycles. The molecule has 0 radical (unpaired) electrons. The minimum Gasteiger partial charge on any atom is -0.453 e. The van der Waals surface area contributed by atoms with Gasteiger partial charge in [0.1, 0.15) is 11.5 Å². The highest BCUT2D eigenvalue weighted by Gasteiger charge is 2.26. The van der Waals surface area contributed by atoms with Crippen LogP contribution in [-0.4, -0.2) is 30.0 Å². The van der Waals surface area contributed by atoms with Crippen LogP contribution in [0.3, 0.4) is 0 Å². The number of hydrazine groups is 1. The van der Waals surface area contributed by atoms with E-state index >= 15 is 4.39 Å². The van der Waals surface area contributed by atoms with Gasteiger partial charge in [-0.15, -0.1) is 0 Å². The number of hydrogen-bond acceptors (Lipinski definition) is 8. The van der Waals surface area contributed by atoms with E-state index in [1.54, 1.807) is 25.1 Å². The van der Waals surface area contributed by atoms with E-state index in [2.05, 4.69) is 25.7 Å². The zero-order valence-corrected chi connectivity index (χ0v) is 25.0. The summed E-state index contributed by atoms with van der Waals surface area (Å²) >= 11 is 5.87. The van der Waals surface area contributed by atoms with Crippen LogP contribution >= 0.6 is 11.6 Å². The Morgan fingerprint density at radius 3 is 2.66 bits per heavy atom. The van der Waals surface area contributed by atoms with Crippen molar-refractivity contribution >= 4 is 46.6 Å². The number of halogens is 3. The molecule has 3 aromatic rings. The Morgan fingerprint density at radius 1 is 1.18 bits per heavy atom. The number of methoxy groups -OCH3 is 1. The van der Waals surface area contributed by atoms with Crippen LogP contribution in [-0.2, 0) is 14.3 Å². The Hall–Kier alpha value is -4.75. The number of carbonyl (C=O) groups excluding carboxylic acids is 3. The molecule has 2 heterocycles. The monoisotopic (exact) mass is 627 g/mol. The van der Waals surface area contributed by atoms with E-state index in [9.17, 15) is 18.8 Å². The van der Waals surface area contributed by atoms with Crippen molar-refractivity contribution in [2.24, 2.45) is 17.5 Å². The van der Waals surface area contributed by atoms with Gasteiger partial charge in [0.05, 0.1) is 47.1 Å². The Balaban J connectivity index is 1.72. The SMILES string of the molecule is COC(=O)Nc1ccc2c(c1)NC(=O)C(C)CCCC(NC(=O)/C(N)=C(\C)N(N)c1cccc(Cl)c1F)c1cc-2ncc1F. The number of fused-ring (bicyclic) bond motifs is 4. The molecule has 11 nitrogen and oxygen atoms in total. The molecule has 0 aliphatic carbocycles. The van der Waals surface area contributed by atoms with Gasteiger partial charge in [-0.2, -0.15) is 0 Å². The lowest BCUT2D eigenvalue weighted by Gasteiger charge is -2.25. The van der Waals surface area contributed by atoms with E-state index in [-0.39, 0.29) is 40.0 Å². The summed E-state index contributed by atoms with van der Waals surface area (Å²) in [5.41, 5.74) is 7.34. The second-order valence-corrected chi connectivity index (χ2v) is 10.7. The fourth-order valence-corrected chi connectivity index (χ4v) is 4.87. The third-order valence-electron chi connectivity index (χ3n) is 7.31. The summed E-state index contributed by atoms with van der Waals surface area (Å²) in [5, 5.41) is 8.94. The number of rotatable bonds is 5. The van der Waals surface area contributed by atoms with Gasteiger partial charge < -0.3 is 21.1 Å². The van der Waals surface area contributed by atoms with Gasteiger partial charge in [-0.25, -0.2) is 19.4 Å². The number of nitrogens with two attached hydrogens (primary N) is 2. The first kappa shape index (κ1) is 32.2. The van der Waals surface area contributed by atoms with Gasteiger partial charge in [0.2, 0.25) is 5.91 Å². The molecule has 2 bridgehead atoms. The molecule has 0 fully saturated rings. The van der Waals surface area contributed by atoms with Crippen molar-refractivity contribution < 1.29 is 27.9 Å². The predicted molar refractivity (Wildman–Crippen MR) is 163 cm³/mol. The minimum atomic E-state index is -0.872. The Kier molecular flexibility index (Phi) is 10.0. The molecule has 14 heteroatoms. The maximum Gasteiger partial charge on any atom is 0.411 e. The topological polar surface area (TPSA) is 165 Å². The number of nitrogens with zero attached hydrogens (tertiary/aromatic N) is 2. The Labute approximate surface area is 257 Å². The lowest BCUT2D eigenvalue weighted by molar-refractivity contribution is -0.120. The van der Waals surface area contributed by atoms with E-state index in [4.69, 9.17) is 23.2 Å². The molecule has 232 valence electrons. The summed E-state index contributed by atoms with van der Waals surface area (Å²) in [7, 11) is 1.22. The number of benzene rings is 2. The number of allylic oxidation sites excluding steroid dienone is 1. The van der Waals surface area contributed by atoms with E-state index < -0.39 is 35.6 Å². The van der Waals surface area contributed by atoms with Crippen molar-refractivity contribution in [2.75, 3.05) is 22.8 Å².